The van der Waals surface area contributed by atoms with Gasteiger partial charge in [0, 0.05) is 36.5 Å². The van der Waals surface area contributed by atoms with Crippen molar-refractivity contribution in [1.29, 1.82) is 0 Å². The molecule has 3 heterocycles. The van der Waals surface area contributed by atoms with Crippen LogP contribution in [0.25, 0.3) is 11.0 Å². The average Bonchev–Trinajstić information content (AvgIpc) is 3.15. The minimum atomic E-state index is -3.26. The van der Waals surface area contributed by atoms with E-state index in [2.05, 4.69) is 15.3 Å². The Hall–Kier alpha value is -2.91. The number of hydrogen-bond donors (Lipinski definition) is 3. The van der Waals surface area contributed by atoms with E-state index in [0.717, 1.165) is 49.1 Å². The quantitative estimate of drug-likeness (QED) is 0.529. The predicted octanol–water partition coefficient (Wildman–Crippen LogP) is 4.00. The Labute approximate surface area is 180 Å². The van der Waals surface area contributed by atoms with Crippen molar-refractivity contribution in [3.05, 3.63) is 53.9 Å². The number of aromatic amines is 1. The third-order valence-electron chi connectivity index (χ3n) is 5.74. The zero-order valence-electron chi connectivity index (χ0n) is 17.2. The third kappa shape index (κ3) is 5.05. The highest BCUT2D eigenvalue weighted by molar-refractivity contribution is 7.90. The molecule has 1 saturated heterocycles. The molecule has 3 N–H and O–H groups in total. The molecule has 4 rings (SSSR count). The molecule has 0 spiro atoms. The molecule has 1 amide bonds. The Morgan fingerprint density at radius 3 is 2.61 bits per heavy atom. The summed E-state index contributed by atoms with van der Waals surface area (Å²) in [5, 5.41) is 12.1. The zero-order valence-corrected chi connectivity index (χ0v) is 18.0. The van der Waals surface area contributed by atoms with Crippen LogP contribution in [0.3, 0.4) is 0 Å². The summed E-state index contributed by atoms with van der Waals surface area (Å²) >= 11 is 0. The molecule has 1 aromatic carbocycles. The van der Waals surface area contributed by atoms with Crippen LogP contribution in [-0.4, -0.2) is 49.1 Å². The fourth-order valence-corrected chi connectivity index (χ4v) is 4.75. The van der Waals surface area contributed by atoms with E-state index in [1.54, 1.807) is 18.2 Å². The highest BCUT2D eigenvalue weighted by Crippen LogP contribution is 2.36. The summed E-state index contributed by atoms with van der Waals surface area (Å²) in [7, 11) is -3.26. The van der Waals surface area contributed by atoms with Gasteiger partial charge in [-0.15, -0.1) is 0 Å². The number of rotatable bonds is 6. The summed E-state index contributed by atoms with van der Waals surface area (Å²) in [6.45, 7) is 1.51. The van der Waals surface area contributed by atoms with Gasteiger partial charge in [0.15, 0.2) is 9.84 Å². The molecule has 31 heavy (non-hydrogen) atoms. The number of nitrogens with one attached hydrogen (secondary N) is 2. The lowest BCUT2D eigenvalue weighted by Crippen LogP contribution is -2.18. The van der Waals surface area contributed by atoms with Crippen molar-refractivity contribution in [3.63, 3.8) is 0 Å². The van der Waals surface area contributed by atoms with Crippen molar-refractivity contribution in [1.82, 2.24) is 9.97 Å². The molecular weight excluding hydrogens is 418 g/mol. The molecule has 1 aliphatic rings. The number of carbonyl (C=O) groups is 1. The number of fused-ring (bicyclic) bond motifs is 1. The summed E-state index contributed by atoms with van der Waals surface area (Å²) < 4.78 is 29.2. The maximum atomic E-state index is 11.9. The van der Waals surface area contributed by atoms with Gasteiger partial charge < -0.3 is 14.8 Å². The minimum Gasteiger partial charge on any atom is -0.465 e. The Morgan fingerprint density at radius 1 is 1.26 bits per heavy atom. The van der Waals surface area contributed by atoms with Crippen LogP contribution in [-0.2, 0) is 14.6 Å². The van der Waals surface area contributed by atoms with Crippen LogP contribution in [0.15, 0.2) is 47.5 Å². The maximum Gasteiger partial charge on any atom is 0.409 e. The summed E-state index contributed by atoms with van der Waals surface area (Å²) in [5.74, 6) is 0.527. The molecule has 1 fully saturated rings. The molecule has 9 heteroatoms. The SMILES string of the molecule is CS(=O)(=O)c1ccc(C(CC2CCOCC2)c2cc3cc(NC(=O)O)cnc3[nH]2)cc1. The predicted molar refractivity (Wildman–Crippen MR) is 117 cm³/mol. The molecule has 0 bridgehead atoms. The smallest absolute Gasteiger partial charge is 0.409 e. The van der Waals surface area contributed by atoms with Crippen LogP contribution >= 0.6 is 0 Å². The Balaban J connectivity index is 1.70. The van der Waals surface area contributed by atoms with Crippen LogP contribution in [0.5, 0.6) is 0 Å². The number of hydrogen-bond acceptors (Lipinski definition) is 5. The number of pyridine rings is 1. The van der Waals surface area contributed by atoms with Crippen LogP contribution < -0.4 is 5.32 Å². The molecule has 1 atom stereocenters. The lowest BCUT2D eigenvalue weighted by atomic mass is 9.83. The van der Waals surface area contributed by atoms with Gasteiger partial charge in [-0.3, -0.25) is 5.32 Å². The molecule has 0 aliphatic carbocycles. The summed E-state index contributed by atoms with van der Waals surface area (Å²) in [6, 6.07) is 10.8. The lowest BCUT2D eigenvalue weighted by Gasteiger charge is -2.26. The van der Waals surface area contributed by atoms with Crippen molar-refractivity contribution in [2.24, 2.45) is 5.92 Å². The monoisotopic (exact) mass is 443 g/mol. The van der Waals surface area contributed by atoms with E-state index in [1.807, 2.05) is 18.2 Å². The molecule has 1 unspecified atom stereocenters. The number of benzene rings is 1. The number of anilines is 1. The van der Waals surface area contributed by atoms with Gasteiger partial charge >= 0.3 is 6.09 Å². The van der Waals surface area contributed by atoms with Crippen molar-refractivity contribution in [2.75, 3.05) is 24.8 Å². The molecule has 0 radical (unpaired) electrons. The van der Waals surface area contributed by atoms with E-state index in [0.29, 0.717) is 22.1 Å². The van der Waals surface area contributed by atoms with Crippen molar-refractivity contribution >= 4 is 32.7 Å². The van der Waals surface area contributed by atoms with Gasteiger partial charge in [-0.1, -0.05) is 12.1 Å². The van der Waals surface area contributed by atoms with Crippen LogP contribution in [0.1, 0.15) is 36.4 Å². The molecule has 1 aliphatic heterocycles. The first-order valence-electron chi connectivity index (χ1n) is 10.2. The second-order valence-corrected chi connectivity index (χ2v) is 10.0. The fraction of sp³-hybridized carbons (Fsp3) is 0.364. The van der Waals surface area contributed by atoms with E-state index in [-0.39, 0.29) is 5.92 Å². The normalized spacial score (nSPS) is 16.3. The van der Waals surface area contributed by atoms with E-state index >= 15 is 0 Å². The first-order chi connectivity index (χ1) is 14.8. The van der Waals surface area contributed by atoms with Gasteiger partial charge in [0.25, 0.3) is 0 Å². The van der Waals surface area contributed by atoms with Crippen LogP contribution in [0.2, 0.25) is 0 Å². The molecule has 164 valence electrons. The summed E-state index contributed by atoms with van der Waals surface area (Å²) in [6.07, 6.45) is 4.42. The van der Waals surface area contributed by atoms with E-state index < -0.39 is 15.9 Å². The Morgan fingerprint density at radius 2 is 1.97 bits per heavy atom. The number of nitrogens with zero attached hydrogens (tertiary/aromatic N) is 1. The Bertz CT molecular complexity index is 1180. The number of aromatic nitrogens is 2. The standard InChI is InChI=1S/C22H25N3O5S/c1-31(28,29)18-4-2-15(3-5-18)19(10-14-6-8-30-9-7-14)20-12-16-11-17(24-22(26)27)13-23-21(16)25-20/h2-5,11-14,19,24H,6-10H2,1H3,(H,23,25)(H,26,27). The summed E-state index contributed by atoms with van der Waals surface area (Å²) in [4.78, 5) is 18.9. The average molecular weight is 444 g/mol. The maximum absolute atomic E-state index is 11.9. The number of ether oxygens (including phenoxy) is 1. The zero-order chi connectivity index (χ0) is 22.0. The highest BCUT2D eigenvalue weighted by Gasteiger charge is 2.24. The summed E-state index contributed by atoms with van der Waals surface area (Å²) in [5.41, 5.74) is 3.07. The topological polar surface area (TPSA) is 121 Å². The second kappa shape index (κ2) is 8.68. The molecule has 8 nitrogen and oxygen atoms in total. The van der Waals surface area contributed by atoms with Gasteiger partial charge in [-0.2, -0.15) is 0 Å². The van der Waals surface area contributed by atoms with Gasteiger partial charge in [0.1, 0.15) is 5.65 Å². The first-order valence-corrected chi connectivity index (χ1v) is 12.0. The Kier molecular flexibility index (Phi) is 5.97. The van der Waals surface area contributed by atoms with Crippen LogP contribution in [0, 0.1) is 5.92 Å². The first kappa shape index (κ1) is 21.3. The fourth-order valence-electron chi connectivity index (χ4n) is 4.12. The van der Waals surface area contributed by atoms with Gasteiger partial charge in [0.2, 0.25) is 0 Å². The van der Waals surface area contributed by atoms with E-state index in [1.165, 1.54) is 12.5 Å². The third-order valence-corrected chi connectivity index (χ3v) is 6.87. The van der Waals surface area contributed by atoms with Crippen LogP contribution in [0.4, 0.5) is 10.5 Å². The number of H-pyrrole nitrogens is 1. The highest BCUT2D eigenvalue weighted by atomic mass is 32.2. The van der Waals surface area contributed by atoms with Gasteiger partial charge in [0.05, 0.1) is 16.8 Å². The number of sulfone groups is 1. The molecule has 2 aromatic heterocycles. The van der Waals surface area contributed by atoms with E-state index in [9.17, 15) is 13.2 Å². The molecule has 3 aromatic rings. The number of amides is 1. The number of carboxylic acid groups (broad SMARTS) is 1. The van der Waals surface area contributed by atoms with Crippen molar-refractivity contribution in [2.45, 2.75) is 30.1 Å². The molecular formula is C22H25N3O5S. The van der Waals surface area contributed by atoms with Crippen molar-refractivity contribution < 1.29 is 23.1 Å². The largest absolute Gasteiger partial charge is 0.465 e. The van der Waals surface area contributed by atoms with Crippen molar-refractivity contribution in [3.8, 4) is 0 Å². The second-order valence-electron chi connectivity index (χ2n) is 8.00. The molecule has 0 saturated carbocycles. The van der Waals surface area contributed by atoms with E-state index in [4.69, 9.17) is 9.84 Å². The lowest BCUT2D eigenvalue weighted by molar-refractivity contribution is 0.0626. The van der Waals surface area contributed by atoms with Gasteiger partial charge in [-0.05, 0) is 55.0 Å². The minimum absolute atomic E-state index is 0.0294. The van der Waals surface area contributed by atoms with Gasteiger partial charge in [-0.25, -0.2) is 18.2 Å².